The molecule has 7 heteroatoms. The summed E-state index contributed by atoms with van der Waals surface area (Å²) in [6, 6.07) is -0.530. The zero-order chi connectivity index (χ0) is 13.3. The Morgan fingerprint density at radius 1 is 1.50 bits per heavy atom. The standard InChI is InChI=1S/C11H17N3O4/c1-11(18)3-2-4-13(7-11)9(16)6-14-8(15)5-12-10(14)17/h18H,2-7H2,1H3,(H,12,17). The summed E-state index contributed by atoms with van der Waals surface area (Å²) in [4.78, 5) is 37.0. The molecule has 4 amide bonds. The fourth-order valence-corrected chi connectivity index (χ4v) is 2.28. The van der Waals surface area contributed by atoms with E-state index in [4.69, 9.17) is 0 Å². The maximum atomic E-state index is 12.0. The first-order valence-corrected chi connectivity index (χ1v) is 5.97. The maximum Gasteiger partial charge on any atom is 0.325 e. The number of piperidine rings is 1. The molecular weight excluding hydrogens is 238 g/mol. The van der Waals surface area contributed by atoms with Crippen molar-refractivity contribution in [1.29, 1.82) is 0 Å². The lowest BCUT2D eigenvalue weighted by molar-refractivity contribution is -0.141. The van der Waals surface area contributed by atoms with Gasteiger partial charge in [-0.2, -0.15) is 0 Å². The summed E-state index contributed by atoms with van der Waals surface area (Å²) >= 11 is 0. The molecule has 0 aromatic carbocycles. The number of nitrogens with one attached hydrogen (secondary N) is 1. The topological polar surface area (TPSA) is 89.9 Å². The molecule has 2 aliphatic heterocycles. The highest BCUT2D eigenvalue weighted by atomic mass is 16.3. The van der Waals surface area contributed by atoms with Crippen molar-refractivity contribution in [2.24, 2.45) is 0 Å². The predicted molar refractivity (Wildman–Crippen MR) is 61.5 cm³/mol. The highest BCUT2D eigenvalue weighted by molar-refractivity contribution is 6.04. The molecule has 2 fully saturated rings. The second-order valence-corrected chi connectivity index (χ2v) is 5.05. The Morgan fingerprint density at radius 2 is 2.22 bits per heavy atom. The second-order valence-electron chi connectivity index (χ2n) is 5.05. The SMILES string of the molecule is CC1(O)CCCN(C(=O)CN2C(=O)CNC2=O)C1. The van der Waals surface area contributed by atoms with Gasteiger partial charge in [0.2, 0.25) is 5.91 Å². The number of amides is 4. The first-order chi connectivity index (χ1) is 8.39. The Hall–Kier alpha value is -1.63. The lowest BCUT2D eigenvalue weighted by Gasteiger charge is -2.37. The van der Waals surface area contributed by atoms with Crippen molar-refractivity contribution in [1.82, 2.24) is 15.1 Å². The summed E-state index contributed by atoms with van der Waals surface area (Å²) in [5.41, 5.74) is -0.884. The lowest BCUT2D eigenvalue weighted by Crippen LogP contribution is -2.51. The smallest absolute Gasteiger partial charge is 0.325 e. The zero-order valence-corrected chi connectivity index (χ0v) is 10.3. The number of aliphatic hydroxyl groups is 1. The van der Waals surface area contributed by atoms with Crippen LogP contribution in [0.4, 0.5) is 4.79 Å². The summed E-state index contributed by atoms with van der Waals surface area (Å²) in [7, 11) is 0. The average Bonchev–Trinajstić information content (AvgIpc) is 2.59. The lowest BCUT2D eigenvalue weighted by atomic mass is 9.95. The molecule has 7 nitrogen and oxygen atoms in total. The molecule has 2 aliphatic rings. The molecule has 0 aromatic rings. The highest BCUT2D eigenvalue weighted by Crippen LogP contribution is 2.20. The van der Waals surface area contributed by atoms with Gasteiger partial charge in [-0.1, -0.05) is 0 Å². The van der Waals surface area contributed by atoms with Crippen LogP contribution in [0.15, 0.2) is 0 Å². The summed E-state index contributed by atoms with van der Waals surface area (Å²) in [5.74, 6) is -0.697. The van der Waals surface area contributed by atoms with Gasteiger partial charge in [-0.3, -0.25) is 14.5 Å². The molecular formula is C11H17N3O4. The monoisotopic (exact) mass is 255 g/mol. The van der Waals surface area contributed by atoms with Gasteiger partial charge in [-0.05, 0) is 19.8 Å². The van der Waals surface area contributed by atoms with E-state index in [0.717, 1.165) is 11.3 Å². The van der Waals surface area contributed by atoms with Gasteiger partial charge in [-0.25, -0.2) is 4.79 Å². The second kappa shape index (κ2) is 4.56. The number of hydrogen-bond donors (Lipinski definition) is 2. The number of hydrogen-bond acceptors (Lipinski definition) is 4. The summed E-state index contributed by atoms with van der Waals surface area (Å²) in [6.07, 6.45) is 1.37. The van der Waals surface area contributed by atoms with Crippen molar-refractivity contribution in [2.75, 3.05) is 26.2 Å². The van der Waals surface area contributed by atoms with E-state index in [1.165, 1.54) is 4.90 Å². The fraction of sp³-hybridized carbons (Fsp3) is 0.727. The molecule has 2 N–H and O–H groups in total. The minimum absolute atomic E-state index is 0.0518. The van der Waals surface area contributed by atoms with E-state index in [1.807, 2.05) is 0 Å². The number of carbonyl (C=O) groups excluding carboxylic acids is 3. The predicted octanol–water partition coefficient (Wildman–Crippen LogP) is -1.09. The Labute approximate surface area is 105 Å². The van der Waals surface area contributed by atoms with Gasteiger partial charge in [0.25, 0.3) is 5.91 Å². The number of imide groups is 1. The minimum Gasteiger partial charge on any atom is -0.388 e. The third-order valence-electron chi connectivity index (χ3n) is 3.26. The molecule has 2 heterocycles. The van der Waals surface area contributed by atoms with Gasteiger partial charge in [0.15, 0.2) is 0 Å². The number of nitrogens with zero attached hydrogens (tertiary/aromatic N) is 2. The van der Waals surface area contributed by atoms with E-state index in [0.29, 0.717) is 13.0 Å². The van der Waals surface area contributed by atoms with Crippen LogP contribution in [0.1, 0.15) is 19.8 Å². The first kappa shape index (κ1) is 12.8. The van der Waals surface area contributed by atoms with Crippen LogP contribution in [0.2, 0.25) is 0 Å². The molecule has 100 valence electrons. The van der Waals surface area contributed by atoms with Crippen LogP contribution in [0.5, 0.6) is 0 Å². The van der Waals surface area contributed by atoms with Crippen LogP contribution in [0, 0.1) is 0 Å². The van der Waals surface area contributed by atoms with Gasteiger partial charge >= 0.3 is 6.03 Å². The number of rotatable bonds is 2. The first-order valence-electron chi connectivity index (χ1n) is 5.97. The number of urea groups is 1. The van der Waals surface area contributed by atoms with Gasteiger partial charge in [0.1, 0.15) is 6.54 Å². The van der Waals surface area contributed by atoms with E-state index < -0.39 is 17.5 Å². The molecule has 1 atom stereocenters. The Kier molecular flexibility index (Phi) is 3.25. The van der Waals surface area contributed by atoms with Crippen LogP contribution >= 0.6 is 0 Å². The quantitative estimate of drug-likeness (QED) is 0.614. The largest absolute Gasteiger partial charge is 0.388 e. The Bertz CT molecular complexity index is 378. The molecule has 2 rings (SSSR count). The van der Waals surface area contributed by atoms with E-state index in [2.05, 4.69) is 5.32 Å². The minimum atomic E-state index is -0.884. The maximum absolute atomic E-state index is 12.0. The van der Waals surface area contributed by atoms with Crippen LogP contribution in [-0.4, -0.2) is 64.5 Å². The van der Waals surface area contributed by atoms with Crippen molar-refractivity contribution in [3.63, 3.8) is 0 Å². The van der Waals surface area contributed by atoms with Crippen LogP contribution < -0.4 is 5.32 Å². The molecule has 0 spiro atoms. The molecule has 0 aromatic heterocycles. The van der Waals surface area contributed by atoms with Crippen molar-refractivity contribution in [3.05, 3.63) is 0 Å². The van der Waals surface area contributed by atoms with Crippen molar-refractivity contribution in [2.45, 2.75) is 25.4 Å². The molecule has 0 saturated carbocycles. The molecule has 1 unspecified atom stereocenters. The van der Waals surface area contributed by atoms with Gasteiger partial charge < -0.3 is 15.3 Å². The Morgan fingerprint density at radius 3 is 2.78 bits per heavy atom. The van der Waals surface area contributed by atoms with Gasteiger partial charge in [0.05, 0.1) is 12.1 Å². The molecule has 0 bridgehead atoms. The molecule has 18 heavy (non-hydrogen) atoms. The molecule has 2 saturated heterocycles. The van der Waals surface area contributed by atoms with E-state index >= 15 is 0 Å². The van der Waals surface area contributed by atoms with Crippen molar-refractivity contribution >= 4 is 17.8 Å². The number of carbonyl (C=O) groups is 3. The normalized spacial score (nSPS) is 28.6. The molecule has 0 radical (unpaired) electrons. The van der Waals surface area contributed by atoms with Crippen molar-refractivity contribution in [3.8, 4) is 0 Å². The van der Waals surface area contributed by atoms with Crippen LogP contribution in [0.3, 0.4) is 0 Å². The van der Waals surface area contributed by atoms with Crippen LogP contribution in [-0.2, 0) is 9.59 Å². The zero-order valence-electron chi connectivity index (χ0n) is 10.3. The third kappa shape index (κ3) is 2.61. The van der Waals surface area contributed by atoms with E-state index in [9.17, 15) is 19.5 Å². The van der Waals surface area contributed by atoms with E-state index in [-0.39, 0.29) is 25.5 Å². The Balaban J connectivity index is 1.95. The summed E-state index contributed by atoms with van der Waals surface area (Å²) in [5, 5.41) is 12.3. The fourth-order valence-electron chi connectivity index (χ4n) is 2.28. The van der Waals surface area contributed by atoms with E-state index in [1.54, 1.807) is 6.92 Å². The van der Waals surface area contributed by atoms with Gasteiger partial charge in [0, 0.05) is 13.1 Å². The average molecular weight is 255 g/mol. The van der Waals surface area contributed by atoms with Gasteiger partial charge in [-0.15, -0.1) is 0 Å². The highest BCUT2D eigenvalue weighted by Gasteiger charge is 2.35. The summed E-state index contributed by atoms with van der Waals surface area (Å²) in [6.45, 7) is 2.18. The summed E-state index contributed by atoms with van der Waals surface area (Å²) < 4.78 is 0. The van der Waals surface area contributed by atoms with Crippen molar-refractivity contribution < 1.29 is 19.5 Å². The van der Waals surface area contributed by atoms with Crippen LogP contribution in [0.25, 0.3) is 0 Å². The third-order valence-corrected chi connectivity index (χ3v) is 3.26. The molecule has 0 aliphatic carbocycles. The number of β-amino-alcohol motifs (C(OH)–C–C–N with tert-alkyl or cyclic N) is 1. The number of likely N-dealkylation sites (tertiary alicyclic amines) is 1.